The Balaban J connectivity index is 1.89. The molecule has 1 atom stereocenters. The molecule has 3 aromatic heterocycles. The van der Waals surface area contributed by atoms with E-state index >= 15 is 0 Å². The average molecular weight is 453 g/mol. The smallest absolute Gasteiger partial charge is 0.304 e. The molecule has 0 amide bonds. The van der Waals surface area contributed by atoms with Crippen LogP contribution in [0.3, 0.4) is 0 Å². The van der Waals surface area contributed by atoms with Crippen LogP contribution in [0.25, 0.3) is 11.0 Å². The molecule has 0 spiro atoms. The normalized spacial score (nSPS) is 13.1. The van der Waals surface area contributed by atoms with Crippen molar-refractivity contribution in [2.24, 2.45) is 0 Å². The van der Waals surface area contributed by atoms with Crippen LogP contribution in [0.1, 0.15) is 12.1 Å². The largest absolute Gasteiger partial charge is 0.478 e. The molecular formula is C15H12F5N5O4S. The topological polar surface area (TPSA) is 119 Å². The highest BCUT2D eigenvalue weighted by Crippen LogP contribution is 2.29. The van der Waals surface area contributed by atoms with Gasteiger partial charge in [0.2, 0.25) is 11.7 Å². The zero-order valence-electron chi connectivity index (χ0n) is 14.8. The van der Waals surface area contributed by atoms with E-state index in [1.165, 1.54) is 0 Å². The third-order valence-electron chi connectivity index (χ3n) is 3.61. The summed E-state index contributed by atoms with van der Waals surface area (Å²) in [4.78, 5) is 13.0. The van der Waals surface area contributed by atoms with Crippen LogP contribution in [0.5, 0.6) is 11.6 Å². The Labute approximate surface area is 165 Å². The number of nitrogens with zero attached hydrogens (tertiary/aromatic N) is 3. The van der Waals surface area contributed by atoms with Crippen LogP contribution < -0.4 is 14.2 Å². The molecule has 30 heavy (non-hydrogen) atoms. The summed E-state index contributed by atoms with van der Waals surface area (Å²) in [5.41, 5.74) is -0.628. The number of hydrogen-bond acceptors (Lipinski definition) is 7. The zero-order chi connectivity index (χ0) is 22.1. The second-order valence-corrected chi connectivity index (χ2v) is 7.21. The van der Waals surface area contributed by atoms with Crippen LogP contribution in [0.2, 0.25) is 0 Å². The van der Waals surface area contributed by atoms with Gasteiger partial charge in [0.15, 0.2) is 0 Å². The lowest BCUT2D eigenvalue weighted by molar-refractivity contribution is -0.0681. The van der Waals surface area contributed by atoms with Crippen molar-refractivity contribution >= 4 is 27.0 Å². The fraction of sp³-hybridized carbons (Fsp3) is 0.267. The van der Waals surface area contributed by atoms with Gasteiger partial charge in [0.1, 0.15) is 16.2 Å². The number of ether oxygens (including phenoxy) is 2. The number of anilines is 1. The van der Waals surface area contributed by atoms with Gasteiger partial charge in [-0.15, -0.1) is 0 Å². The van der Waals surface area contributed by atoms with Gasteiger partial charge in [-0.25, -0.2) is 40.7 Å². The number of hydrogen-bond donors (Lipinski definition) is 2. The first-order chi connectivity index (χ1) is 14.1. The number of nitrogens with one attached hydrogen (secondary N) is 2. The predicted octanol–water partition coefficient (Wildman–Crippen LogP) is 3.04. The molecule has 0 aliphatic rings. The minimum atomic E-state index is -4.33. The molecule has 0 saturated heterocycles. The van der Waals surface area contributed by atoms with Gasteiger partial charge >= 0.3 is 6.43 Å². The molecular weight excluding hydrogens is 441 g/mol. The molecule has 3 aromatic rings. The number of rotatable bonds is 8. The van der Waals surface area contributed by atoms with Crippen LogP contribution >= 0.6 is 0 Å². The van der Waals surface area contributed by atoms with Crippen LogP contribution in [0.15, 0.2) is 29.4 Å². The molecule has 0 aliphatic carbocycles. The van der Waals surface area contributed by atoms with Crippen molar-refractivity contribution in [2.45, 2.75) is 24.1 Å². The standard InChI is InChI=1S/C15H12F5N5O4S/c1-28-14-8(29-12(20)11(18)19)4-22-15(24-14)25-30(26,27)9-5-21-13-6(9)2-3-7(23-13)10(16)17/h2-5,10-12H,1H3,(H,21,23)(H,22,24,25). The second-order valence-electron chi connectivity index (χ2n) is 5.56. The molecule has 0 aliphatic heterocycles. The van der Waals surface area contributed by atoms with E-state index in [1.54, 1.807) is 0 Å². The number of aromatic nitrogens is 4. The Kier molecular flexibility index (Phi) is 5.91. The molecule has 0 fully saturated rings. The van der Waals surface area contributed by atoms with E-state index in [9.17, 15) is 30.4 Å². The first kappa shape index (κ1) is 21.5. The van der Waals surface area contributed by atoms with E-state index in [2.05, 4.69) is 24.7 Å². The van der Waals surface area contributed by atoms with Crippen LogP contribution in [0, 0.1) is 0 Å². The summed E-state index contributed by atoms with van der Waals surface area (Å²) in [5.74, 6) is -1.63. The van der Waals surface area contributed by atoms with Crippen molar-refractivity contribution in [3.8, 4) is 11.6 Å². The zero-order valence-corrected chi connectivity index (χ0v) is 15.6. The van der Waals surface area contributed by atoms with Crippen LogP contribution in [0.4, 0.5) is 27.9 Å². The van der Waals surface area contributed by atoms with E-state index < -0.39 is 52.5 Å². The lowest BCUT2D eigenvalue weighted by atomic mass is 10.3. The SMILES string of the molecule is COc1nc(NS(=O)(=O)c2c[nH]c3nc(C(F)F)ccc23)ncc1OC(F)C(F)F. The minimum absolute atomic E-state index is 0.0241. The second kappa shape index (κ2) is 8.25. The predicted molar refractivity (Wildman–Crippen MR) is 92.0 cm³/mol. The first-order valence-electron chi connectivity index (χ1n) is 7.91. The molecule has 3 rings (SSSR count). The highest BCUT2D eigenvalue weighted by Gasteiger charge is 2.25. The van der Waals surface area contributed by atoms with Crippen molar-refractivity contribution in [2.75, 3.05) is 11.8 Å². The summed E-state index contributed by atoms with van der Waals surface area (Å²) >= 11 is 0. The fourth-order valence-corrected chi connectivity index (χ4v) is 3.43. The third-order valence-corrected chi connectivity index (χ3v) is 4.98. The van der Waals surface area contributed by atoms with E-state index in [4.69, 9.17) is 4.74 Å². The summed E-state index contributed by atoms with van der Waals surface area (Å²) in [6, 6.07) is 2.13. The maximum atomic E-state index is 13.1. The molecule has 0 aromatic carbocycles. The lowest BCUT2D eigenvalue weighted by Crippen LogP contribution is -2.20. The Hall–Kier alpha value is -3.23. The van der Waals surface area contributed by atoms with Gasteiger partial charge in [0.25, 0.3) is 28.7 Å². The molecule has 162 valence electrons. The van der Waals surface area contributed by atoms with Gasteiger partial charge in [0.05, 0.1) is 13.3 Å². The number of pyridine rings is 1. The molecule has 15 heteroatoms. The van der Waals surface area contributed by atoms with Crippen molar-refractivity contribution in [1.29, 1.82) is 0 Å². The Morgan fingerprint density at radius 2 is 1.87 bits per heavy atom. The number of aromatic amines is 1. The molecule has 0 bridgehead atoms. The highest BCUT2D eigenvalue weighted by molar-refractivity contribution is 7.93. The van der Waals surface area contributed by atoms with Crippen LogP contribution in [-0.2, 0) is 10.0 Å². The molecule has 9 nitrogen and oxygen atoms in total. The number of methoxy groups -OCH3 is 1. The molecule has 0 radical (unpaired) electrons. The Bertz CT molecular complexity index is 1160. The van der Waals surface area contributed by atoms with Gasteiger partial charge < -0.3 is 14.5 Å². The minimum Gasteiger partial charge on any atom is -0.478 e. The summed E-state index contributed by atoms with van der Waals surface area (Å²) in [5, 5.41) is 0.0241. The summed E-state index contributed by atoms with van der Waals surface area (Å²) < 4.78 is 99.5. The van der Waals surface area contributed by atoms with Crippen molar-refractivity contribution in [1.82, 2.24) is 19.9 Å². The molecule has 3 heterocycles. The maximum Gasteiger partial charge on any atom is 0.304 e. The third kappa shape index (κ3) is 4.34. The van der Waals surface area contributed by atoms with Crippen molar-refractivity contribution < 1.29 is 39.8 Å². The monoisotopic (exact) mass is 453 g/mol. The van der Waals surface area contributed by atoms with E-state index in [1.807, 2.05) is 4.72 Å². The van der Waals surface area contributed by atoms with Crippen molar-refractivity contribution in [3.63, 3.8) is 0 Å². The molecule has 2 N–H and O–H groups in total. The molecule has 1 unspecified atom stereocenters. The number of sulfonamides is 1. The van der Waals surface area contributed by atoms with E-state index in [-0.39, 0.29) is 15.9 Å². The Morgan fingerprint density at radius 1 is 1.13 bits per heavy atom. The van der Waals surface area contributed by atoms with Gasteiger partial charge in [-0.3, -0.25) is 0 Å². The molecule has 0 saturated carbocycles. The summed E-state index contributed by atoms with van der Waals surface area (Å²) in [6.07, 6.45) is -7.48. The number of fused-ring (bicyclic) bond motifs is 1. The van der Waals surface area contributed by atoms with Gasteiger partial charge in [-0.1, -0.05) is 0 Å². The van der Waals surface area contributed by atoms with Gasteiger partial charge in [-0.05, 0) is 12.1 Å². The number of halogens is 5. The number of alkyl halides is 5. The highest BCUT2D eigenvalue weighted by atomic mass is 32.2. The number of H-pyrrole nitrogens is 1. The maximum absolute atomic E-state index is 13.1. The van der Waals surface area contributed by atoms with E-state index in [0.29, 0.717) is 0 Å². The first-order valence-corrected chi connectivity index (χ1v) is 9.39. The van der Waals surface area contributed by atoms with Gasteiger partial charge in [-0.2, -0.15) is 9.37 Å². The fourth-order valence-electron chi connectivity index (χ4n) is 2.32. The quantitative estimate of drug-likeness (QED) is 0.503. The van der Waals surface area contributed by atoms with Crippen molar-refractivity contribution in [3.05, 3.63) is 30.2 Å². The van der Waals surface area contributed by atoms with Crippen LogP contribution in [-0.4, -0.2) is 48.2 Å². The average Bonchev–Trinajstić information content (AvgIpc) is 3.12. The Morgan fingerprint density at radius 3 is 2.50 bits per heavy atom. The van der Waals surface area contributed by atoms with E-state index in [0.717, 1.165) is 31.6 Å². The summed E-state index contributed by atoms with van der Waals surface area (Å²) in [6.45, 7) is 0. The summed E-state index contributed by atoms with van der Waals surface area (Å²) in [7, 11) is -3.26. The van der Waals surface area contributed by atoms with Gasteiger partial charge in [0, 0.05) is 11.6 Å². The lowest BCUT2D eigenvalue weighted by Gasteiger charge is -2.13.